The van der Waals surface area contributed by atoms with Gasteiger partial charge in [-0.15, -0.1) is 10.2 Å². The molecule has 0 aliphatic rings. The van der Waals surface area contributed by atoms with Crippen LogP contribution in [0.4, 0.5) is 0 Å². The van der Waals surface area contributed by atoms with E-state index in [1.54, 1.807) is 16.7 Å². The van der Waals surface area contributed by atoms with E-state index in [-0.39, 0.29) is 17.6 Å². The first-order chi connectivity index (χ1) is 17.9. The van der Waals surface area contributed by atoms with E-state index in [1.807, 2.05) is 44.2 Å². The number of nitrogens with zero attached hydrogens (tertiary/aromatic N) is 3. The van der Waals surface area contributed by atoms with Gasteiger partial charge in [0.2, 0.25) is 5.43 Å². The average Bonchev–Trinajstić information content (AvgIpc) is 3.39. The number of ether oxygens (including phenoxy) is 1. The number of carbonyl (C=O) groups is 2. The summed E-state index contributed by atoms with van der Waals surface area (Å²) in [6.45, 7) is 3.49. The van der Waals surface area contributed by atoms with Crippen LogP contribution in [0.15, 0.2) is 64.3 Å². The molecule has 0 saturated heterocycles. The summed E-state index contributed by atoms with van der Waals surface area (Å²) in [5.74, 6) is -0.882. The molecule has 2 aromatic heterocycles. The van der Waals surface area contributed by atoms with E-state index in [0.29, 0.717) is 47.4 Å². The lowest BCUT2D eigenvalue weighted by atomic mass is 10.1. The topological polar surface area (TPSA) is 137 Å². The number of carbonyl (C=O) groups excluding carboxylic acids is 1. The normalized spacial score (nSPS) is 11.8. The van der Waals surface area contributed by atoms with Crippen molar-refractivity contribution in [3.63, 3.8) is 0 Å². The van der Waals surface area contributed by atoms with Crippen LogP contribution in [-0.4, -0.2) is 44.4 Å². The molecule has 0 aliphatic carbocycles. The molecule has 0 spiro atoms. The number of hydrogen-bond acceptors (Lipinski definition) is 7. The van der Waals surface area contributed by atoms with E-state index in [4.69, 9.17) is 9.15 Å². The molecule has 0 fully saturated rings. The molecule has 0 radical (unpaired) electrons. The van der Waals surface area contributed by atoms with Gasteiger partial charge in [-0.2, -0.15) is 0 Å². The molecule has 1 amide bonds. The van der Waals surface area contributed by atoms with Gasteiger partial charge in [-0.05, 0) is 36.6 Å². The minimum Gasteiger partial charge on any atom is -0.483 e. The Bertz CT molecular complexity index is 1460. The number of aliphatic carboxylic acids is 1. The SMILES string of the molecule is CCCC[C@H](NC(=O)COc1cc2occ(-c3nncn3-c3ccccc3)c(=O)c2cc1CC)C(=O)O. The number of amides is 1. The molecule has 37 heavy (non-hydrogen) atoms. The molecule has 0 saturated carbocycles. The molecule has 10 heteroatoms. The van der Waals surface area contributed by atoms with Crippen LogP contribution in [0.1, 0.15) is 38.7 Å². The van der Waals surface area contributed by atoms with Crippen molar-refractivity contribution in [2.45, 2.75) is 45.6 Å². The predicted molar refractivity (Wildman–Crippen MR) is 137 cm³/mol. The molecule has 2 aromatic carbocycles. The summed E-state index contributed by atoms with van der Waals surface area (Å²) in [6.07, 6.45) is 5.26. The van der Waals surface area contributed by atoms with Crippen LogP contribution in [0, 0.1) is 0 Å². The third-order valence-corrected chi connectivity index (χ3v) is 6.00. The summed E-state index contributed by atoms with van der Waals surface area (Å²) >= 11 is 0. The van der Waals surface area contributed by atoms with Gasteiger partial charge in [-0.25, -0.2) is 4.79 Å². The minimum absolute atomic E-state index is 0.260. The molecule has 1 atom stereocenters. The Morgan fingerprint density at radius 3 is 2.68 bits per heavy atom. The van der Waals surface area contributed by atoms with E-state index in [9.17, 15) is 19.5 Å². The second-order valence-corrected chi connectivity index (χ2v) is 8.54. The fraction of sp³-hybridized carbons (Fsp3) is 0.296. The third kappa shape index (κ3) is 5.69. The van der Waals surface area contributed by atoms with E-state index in [0.717, 1.165) is 12.1 Å². The molecule has 192 valence electrons. The monoisotopic (exact) mass is 504 g/mol. The Labute approximate surface area is 212 Å². The number of unbranched alkanes of at least 4 members (excludes halogenated alkanes) is 1. The molecule has 2 N–H and O–H groups in total. The Balaban J connectivity index is 1.59. The molecular formula is C27H28N4O6. The van der Waals surface area contributed by atoms with E-state index in [1.165, 1.54) is 12.6 Å². The van der Waals surface area contributed by atoms with Gasteiger partial charge in [0.1, 0.15) is 35.5 Å². The Kier molecular flexibility index (Phi) is 7.97. The molecule has 0 unspecified atom stereocenters. The minimum atomic E-state index is -1.08. The highest BCUT2D eigenvalue weighted by atomic mass is 16.5. The van der Waals surface area contributed by atoms with Crippen molar-refractivity contribution in [3.8, 4) is 22.8 Å². The zero-order valence-electron chi connectivity index (χ0n) is 20.6. The summed E-state index contributed by atoms with van der Waals surface area (Å²) < 4.78 is 13.2. The Morgan fingerprint density at radius 1 is 1.19 bits per heavy atom. The fourth-order valence-corrected chi connectivity index (χ4v) is 4.01. The van der Waals surface area contributed by atoms with Crippen molar-refractivity contribution in [3.05, 3.63) is 70.8 Å². The van der Waals surface area contributed by atoms with Crippen molar-refractivity contribution in [2.24, 2.45) is 0 Å². The van der Waals surface area contributed by atoms with E-state index < -0.39 is 17.9 Å². The molecule has 4 rings (SSSR count). The summed E-state index contributed by atoms with van der Waals surface area (Å²) in [5, 5.41) is 20.3. The highest BCUT2D eigenvalue weighted by molar-refractivity contribution is 5.85. The zero-order valence-corrected chi connectivity index (χ0v) is 20.6. The summed E-state index contributed by atoms with van der Waals surface area (Å²) in [4.78, 5) is 37.2. The first-order valence-corrected chi connectivity index (χ1v) is 12.1. The number of aromatic nitrogens is 3. The Hall–Kier alpha value is -4.47. The van der Waals surface area contributed by atoms with Crippen LogP contribution in [0.3, 0.4) is 0 Å². The van der Waals surface area contributed by atoms with E-state index in [2.05, 4.69) is 15.5 Å². The van der Waals surface area contributed by atoms with E-state index >= 15 is 0 Å². The number of carboxylic acid groups (broad SMARTS) is 1. The van der Waals surface area contributed by atoms with Crippen LogP contribution >= 0.6 is 0 Å². The summed E-state index contributed by atoms with van der Waals surface area (Å²) in [5.41, 5.74) is 1.79. The smallest absolute Gasteiger partial charge is 0.326 e. The number of aryl methyl sites for hydroxylation is 1. The number of carboxylic acids is 1. The Morgan fingerprint density at radius 2 is 1.97 bits per heavy atom. The number of nitrogens with one attached hydrogen (secondary N) is 1. The maximum atomic E-state index is 13.4. The number of rotatable bonds is 11. The number of hydrogen-bond donors (Lipinski definition) is 2. The van der Waals surface area contributed by atoms with Gasteiger partial charge in [0, 0.05) is 11.8 Å². The van der Waals surface area contributed by atoms with Crippen molar-refractivity contribution in [2.75, 3.05) is 6.61 Å². The molecular weight excluding hydrogens is 476 g/mol. The van der Waals surface area contributed by atoms with Crippen molar-refractivity contribution < 1.29 is 23.8 Å². The first-order valence-electron chi connectivity index (χ1n) is 12.1. The van der Waals surface area contributed by atoms with Crippen molar-refractivity contribution in [1.82, 2.24) is 20.1 Å². The number of fused-ring (bicyclic) bond motifs is 1. The molecule has 4 aromatic rings. The number of benzene rings is 2. The van der Waals surface area contributed by atoms with Gasteiger partial charge >= 0.3 is 5.97 Å². The lowest BCUT2D eigenvalue weighted by Gasteiger charge is -2.15. The largest absolute Gasteiger partial charge is 0.483 e. The molecule has 0 bridgehead atoms. The number of para-hydroxylation sites is 1. The van der Waals surface area contributed by atoms with Crippen molar-refractivity contribution in [1.29, 1.82) is 0 Å². The maximum absolute atomic E-state index is 13.4. The van der Waals surface area contributed by atoms with Crippen LogP contribution in [0.25, 0.3) is 28.0 Å². The lowest BCUT2D eigenvalue weighted by molar-refractivity contribution is -0.142. The average molecular weight is 505 g/mol. The van der Waals surface area contributed by atoms with Crippen LogP contribution in [-0.2, 0) is 16.0 Å². The zero-order chi connectivity index (χ0) is 26.4. The van der Waals surface area contributed by atoms with Gasteiger partial charge in [0.25, 0.3) is 5.91 Å². The predicted octanol–water partition coefficient (Wildman–Crippen LogP) is 3.74. The van der Waals surface area contributed by atoms with Gasteiger partial charge in [-0.1, -0.05) is 44.9 Å². The second kappa shape index (κ2) is 11.5. The van der Waals surface area contributed by atoms with Gasteiger partial charge in [-0.3, -0.25) is 14.2 Å². The first kappa shape index (κ1) is 25.6. The molecule has 0 aliphatic heterocycles. The standard InChI is InChI=1S/C27H28N4O6/c1-3-5-11-21(27(34)35)29-24(32)15-37-22-13-23-19(12-17(22)4-2)25(33)20(14-36-23)26-30-28-16-31(26)18-9-7-6-8-10-18/h6-10,12-14,16,21H,3-5,11,15H2,1-2H3,(H,29,32)(H,34,35)/t21-/m0/s1. The van der Waals surface area contributed by atoms with Crippen LogP contribution in [0.2, 0.25) is 0 Å². The fourth-order valence-electron chi connectivity index (χ4n) is 4.01. The maximum Gasteiger partial charge on any atom is 0.326 e. The van der Waals surface area contributed by atoms with Gasteiger partial charge in [0.05, 0.1) is 5.39 Å². The third-order valence-electron chi connectivity index (χ3n) is 6.00. The summed E-state index contributed by atoms with van der Waals surface area (Å²) in [6, 6.07) is 11.7. The lowest BCUT2D eigenvalue weighted by Crippen LogP contribution is -2.42. The highest BCUT2D eigenvalue weighted by Gasteiger charge is 2.21. The second-order valence-electron chi connectivity index (χ2n) is 8.54. The molecule has 2 heterocycles. The van der Waals surface area contributed by atoms with Crippen molar-refractivity contribution >= 4 is 22.8 Å². The van der Waals surface area contributed by atoms with Gasteiger partial charge < -0.3 is 19.6 Å². The van der Waals surface area contributed by atoms with Crippen LogP contribution in [0.5, 0.6) is 5.75 Å². The van der Waals surface area contributed by atoms with Gasteiger partial charge in [0.15, 0.2) is 12.4 Å². The quantitative estimate of drug-likeness (QED) is 0.315. The highest BCUT2D eigenvalue weighted by Crippen LogP contribution is 2.27. The summed E-state index contributed by atoms with van der Waals surface area (Å²) in [7, 11) is 0. The van der Waals surface area contributed by atoms with Crippen LogP contribution < -0.4 is 15.5 Å². The molecule has 10 nitrogen and oxygen atoms in total.